The van der Waals surface area contributed by atoms with Crippen LogP contribution in [0.4, 0.5) is 0 Å². The van der Waals surface area contributed by atoms with Crippen molar-refractivity contribution in [3.05, 3.63) is 0 Å². The van der Waals surface area contributed by atoms with E-state index in [1.54, 1.807) is 0 Å². The molecule has 2 aliphatic rings. The van der Waals surface area contributed by atoms with Crippen LogP contribution in [0.5, 0.6) is 0 Å². The molecule has 0 radical (unpaired) electrons. The maximum atomic E-state index is 5.77. The molecular weight excluding hydrogens is 212 g/mol. The Kier molecular flexibility index (Phi) is 5.26. The first-order valence-corrected chi connectivity index (χ1v) is 7.40. The maximum absolute atomic E-state index is 5.77. The molecule has 17 heavy (non-hydrogen) atoms. The number of nitrogens with zero attached hydrogens (tertiary/aromatic N) is 1. The summed E-state index contributed by atoms with van der Waals surface area (Å²) in [5, 5.41) is 3.66. The highest BCUT2D eigenvalue weighted by Gasteiger charge is 2.32. The molecule has 2 fully saturated rings. The van der Waals surface area contributed by atoms with Gasteiger partial charge < -0.3 is 10.1 Å². The standard InChI is InChI=1S/C14H28N2O/c1-3-15-14(12-7-8-12)11-16-9-5-6-13(10-16)17-4-2/h12-15H,3-11H2,1-2H3. The molecule has 0 amide bonds. The number of hydrogen-bond donors (Lipinski definition) is 1. The second kappa shape index (κ2) is 6.72. The Morgan fingerprint density at radius 2 is 2.12 bits per heavy atom. The third kappa shape index (κ3) is 4.23. The fourth-order valence-corrected chi connectivity index (χ4v) is 2.97. The smallest absolute Gasteiger partial charge is 0.0702 e. The van der Waals surface area contributed by atoms with Crippen LogP contribution in [-0.4, -0.2) is 49.8 Å². The summed E-state index contributed by atoms with van der Waals surface area (Å²) in [4.78, 5) is 2.61. The Labute approximate surface area is 106 Å². The van der Waals surface area contributed by atoms with E-state index in [0.717, 1.165) is 31.7 Å². The molecule has 1 saturated carbocycles. The number of nitrogens with one attached hydrogen (secondary N) is 1. The minimum Gasteiger partial charge on any atom is -0.377 e. The Hall–Kier alpha value is -0.120. The Morgan fingerprint density at radius 1 is 1.29 bits per heavy atom. The first kappa shape index (κ1) is 13.3. The highest BCUT2D eigenvalue weighted by Crippen LogP contribution is 2.33. The second-order valence-corrected chi connectivity index (χ2v) is 5.48. The quantitative estimate of drug-likeness (QED) is 0.735. The summed E-state index contributed by atoms with van der Waals surface area (Å²) in [6.45, 7) is 9.91. The average Bonchev–Trinajstić information content (AvgIpc) is 3.13. The zero-order valence-electron chi connectivity index (χ0n) is 11.5. The van der Waals surface area contributed by atoms with Crippen LogP contribution in [0.25, 0.3) is 0 Å². The van der Waals surface area contributed by atoms with Crippen molar-refractivity contribution in [3.8, 4) is 0 Å². The summed E-state index contributed by atoms with van der Waals surface area (Å²) in [5.41, 5.74) is 0. The predicted molar refractivity (Wildman–Crippen MR) is 71.3 cm³/mol. The van der Waals surface area contributed by atoms with Gasteiger partial charge in [-0.2, -0.15) is 0 Å². The Balaban J connectivity index is 1.75. The van der Waals surface area contributed by atoms with Crippen LogP contribution in [0.3, 0.4) is 0 Å². The third-order valence-corrected chi connectivity index (χ3v) is 3.98. The summed E-state index contributed by atoms with van der Waals surface area (Å²) in [5.74, 6) is 0.947. The van der Waals surface area contributed by atoms with E-state index in [1.165, 1.54) is 38.8 Å². The zero-order valence-corrected chi connectivity index (χ0v) is 11.5. The van der Waals surface area contributed by atoms with E-state index in [2.05, 4.69) is 24.1 Å². The maximum Gasteiger partial charge on any atom is 0.0702 e. The van der Waals surface area contributed by atoms with Crippen LogP contribution in [-0.2, 0) is 4.74 Å². The highest BCUT2D eigenvalue weighted by atomic mass is 16.5. The monoisotopic (exact) mass is 240 g/mol. The van der Waals surface area contributed by atoms with Crippen molar-refractivity contribution in [3.63, 3.8) is 0 Å². The van der Waals surface area contributed by atoms with Crippen LogP contribution in [0, 0.1) is 5.92 Å². The molecule has 100 valence electrons. The predicted octanol–water partition coefficient (Wildman–Crippen LogP) is 1.88. The van der Waals surface area contributed by atoms with Gasteiger partial charge in [-0.05, 0) is 51.6 Å². The third-order valence-electron chi connectivity index (χ3n) is 3.98. The molecule has 0 aromatic carbocycles. The van der Waals surface area contributed by atoms with E-state index in [1.807, 2.05) is 0 Å². The summed E-state index contributed by atoms with van der Waals surface area (Å²) in [6.07, 6.45) is 5.89. The van der Waals surface area contributed by atoms with Crippen molar-refractivity contribution in [1.29, 1.82) is 0 Å². The van der Waals surface area contributed by atoms with Crippen LogP contribution >= 0.6 is 0 Å². The second-order valence-electron chi connectivity index (χ2n) is 5.48. The minimum atomic E-state index is 0.482. The SMILES string of the molecule is CCNC(CN1CCCC(OCC)C1)C1CC1. The number of hydrogen-bond acceptors (Lipinski definition) is 3. The van der Waals surface area contributed by atoms with E-state index in [0.29, 0.717) is 6.10 Å². The molecule has 0 aromatic heterocycles. The molecule has 1 N–H and O–H groups in total. The molecule has 1 aliphatic heterocycles. The van der Waals surface area contributed by atoms with Crippen molar-refractivity contribution >= 4 is 0 Å². The molecule has 1 aliphatic carbocycles. The molecule has 3 heteroatoms. The molecule has 1 heterocycles. The first-order chi connectivity index (χ1) is 8.33. The molecule has 0 spiro atoms. The van der Waals surface area contributed by atoms with E-state index in [-0.39, 0.29) is 0 Å². The summed E-state index contributed by atoms with van der Waals surface area (Å²) in [6, 6.07) is 0.723. The lowest BCUT2D eigenvalue weighted by Gasteiger charge is -2.35. The first-order valence-electron chi connectivity index (χ1n) is 7.40. The van der Waals surface area contributed by atoms with Gasteiger partial charge >= 0.3 is 0 Å². The number of piperidine rings is 1. The fraction of sp³-hybridized carbons (Fsp3) is 1.00. The van der Waals surface area contributed by atoms with E-state index >= 15 is 0 Å². The summed E-state index contributed by atoms with van der Waals surface area (Å²) in [7, 11) is 0. The van der Waals surface area contributed by atoms with Gasteiger partial charge in [0.25, 0.3) is 0 Å². The van der Waals surface area contributed by atoms with Crippen LogP contribution in [0.2, 0.25) is 0 Å². The van der Waals surface area contributed by atoms with E-state index in [4.69, 9.17) is 4.74 Å². The largest absolute Gasteiger partial charge is 0.377 e. The summed E-state index contributed by atoms with van der Waals surface area (Å²) < 4.78 is 5.77. The van der Waals surface area contributed by atoms with E-state index in [9.17, 15) is 0 Å². The lowest BCUT2D eigenvalue weighted by Crippen LogP contribution is -2.47. The number of likely N-dealkylation sites (N-methyl/N-ethyl adjacent to an activating group) is 1. The number of ether oxygens (including phenoxy) is 1. The lowest BCUT2D eigenvalue weighted by molar-refractivity contribution is 0.00297. The van der Waals surface area contributed by atoms with Gasteiger partial charge in [-0.3, -0.25) is 4.90 Å². The highest BCUT2D eigenvalue weighted by molar-refractivity contribution is 4.89. The van der Waals surface area contributed by atoms with Gasteiger partial charge in [0.05, 0.1) is 6.10 Å². The van der Waals surface area contributed by atoms with E-state index < -0.39 is 0 Å². The fourth-order valence-electron chi connectivity index (χ4n) is 2.97. The number of rotatable bonds is 7. The lowest BCUT2D eigenvalue weighted by atomic mass is 10.1. The average molecular weight is 240 g/mol. The number of likely N-dealkylation sites (tertiary alicyclic amines) is 1. The molecule has 0 bridgehead atoms. The van der Waals surface area contributed by atoms with Gasteiger partial charge in [-0.1, -0.05) is 6.92 Å². The van der Waals surface area contributed by atoms with Crippen LogP contribution in [0.15, 0.2) is 0 Å². The molecule has 1 saturated heterocycles. The normalized spacial score (nSPS) is 28.2. The van der Waals surface area contributed by atoms with Gasteiger partial charge in [-0.15, -0.1) is 0 Å². The topological polar surface area (TPSA) is 24.5 Å². The molecular formula is C14H28N2O. The molecule has 0 aromatic rings. The molecule has 2 unspecified atom stereocenters. The van der Waals surface area contributed by atoms with Gasteiger partial charge in [0.2, 0.25) is 0 Å². The van der Waals surface area contributed by atoms with Gasteiger partial charge in [0, 0.05) is 25.7 Å². The zero-order chi connectivity index (χ0) is 12.1. The molecule has 2 rings (SSSR count). The minimum absolute atomic E-state index is 0.482. The molecule has 3 nitrogen and oxygen atoms in total. The van der Waals surface area contributed by atoms with Gasteiger partial charge in [0.15, 0.2) is 0 Å². The van der Waals surface area contributed by atoms with Crippen molar-refractivity contribution in [2.75, 3.05) is 32.8 Å². The van der Waals surface area contributed by atoms with Gasteiger partial charge in [0.1, 0.15) is 0 Å². The van der Waals surface area contributed by atoms with Crippen molar-refractivity contribution in [2.24, 2.45) is 5.92 Å². The van der Waals surface area contributed by atoms with Crippen molar-refractivity contribution in [1.82, 2.24) is 10.2 Å². The van der Waals surface area contributed by atoms with Gasteiger partial charge in [-0.25, -0.2) is 0 Å². The van der Waals surface area contributed by atoms with Crippen molar-refractivity contribution < 1.29 is 4.74 Å². The van der Waals surface area contributed by atoms with Crippen LogP contribution < -0.4 is 5.32 Å². The Morgan fingerprint density at radius 3 is 2.76 bits per heavy atom. The summed E-state index contributed by atoms with van der Waals surface area (Å²) >= 11 is 0. The Bertz CT molecular complexity index is 216. The van der Waals surface area contributed by atoms with Crippen LogP contribution in [0.1, 0.15) is 39.5 Å². The van der Waals surface area contributed by atoms with Crippen molar-refractivity contribution in [2.45, 2.75) is 51.7 Å². The molecule has 2 atom stereocenters.